The van der Waals surface area contributed by atoms with Crippen molar-refractivity contribution in [2.24, 2.45) is 11.7 Å². The third kappa shape index (κ3) is 3.02. The van der Waals surface area contributed by atoms with Gasteiger partial charge in [0.1, 0.15) is 0 Å². The Morgan fingerprint density at radius 2 is 1.92 bits per heavy atom. The second kappa shape index (κ2) is 7.15. The largest absolute Gasteiger partial charge is 0.326 e. The molecule has 24 heavy (non-hydrogen) atoms. The number of hydrogen-bond acceptors (Lipinski definition) is 3. The molecule has 6 atom stereocenters. The summed E-state index contributed by atoms with van der Waals surface area (Å²) in [5, 5.41) is 3.99. The highest BCUT2D eigenvalue weighted by molar-refractivity contribution is 5.19. The molecule has 1 saturated heterocycles. The van der Waals surface area contributed by atoms with Crippen LogP contribution in [0.2, 0.25) is 0 Å². The third-order valence-corrected chi connectivity index (χ3v) is 6.85. The van der Waals surface area contributed by atoms with Gasteiger partial charge < -0.3 is 11.1 Å². The number of likely N-dealkylation sites (tertiary alicyclic amines) is 1. The number of benzene rings is 1. The Balaban J connectivity index is 1.43. The van der Waals surface area contributed by atoms with Gasteiger partial charge in [0, 0.05) is 36.8 Å². The van der Waals surface area contributed by atoms with Gasteiger partial charge in [-0.1, -0.05) is 50.1 Å². The molecule has 3 fully saturated rings. The lowest BCUT2D eigenvalue weighted by molar-refractivity contribution is -0.142. The smallest absolute Gasteiger partial charge is 0.0299 e. The molecule has 0 amide bonds. The summed E-state index contributed by atoms with van der Waals surface area (Å²) in [4.78, 5) is 2.78. The van der Waals surface area contributed by atoms with E-state index in [1.807, 2.05) is 0 Å². The fourth-order valence-corrected chi connectivity index (χ4v) is 5.33. The second-order valence-corrected chi connectivity index (χ2v) is 8.19. The highest BCUT2D eigenvalue weighted by Gasteiger charge is 2.55. The van der Waals surface area contributed by atoms with Crippen molar-refractivity contribution < 1.29 is 0 Å². The van der Waals surface area contributed by atoms with Gasteiger partial charge in [-0.2, -0.15) is 0 Å². The fraction of sp³-hybridized carbons (Fsp3) is 0.714. The standard InChI is InChI=1S/C21H33N3/c1-2-18(23-19-11-7-6-10-17(19)22)21-16-12-13-20(16)24(21)14-15-8-4-3-5-9-15/h3-5,8-9,16-21,23H,2,6-7,10-14,22H2,1H3. The van der Waals surface area contributed by atoms with Crippen molar-refractivity contribution >= 4 is 0 Å². The van der Waals surface area contributed by atoms with Gasteiger partial charge in [-0.3, -0.25) is 4.90 Å². The zero-order chi connectivity index (χ0) is 16.5. The molecule has 2 aliphatic carbocycles. The number of fused-ring (bicyclic) bond motifs is 1. The van der Waals surface area contributed by atoms with Gasteiger partial charge in [0.05, 0.1) is 0 Å². The van der Waals surface area contributed by atoms with E-state index in [1.165, 1.54) is 50.5 Å². The van der Waals surface area contributed by atoms with Crippen LogP contribution in [0.1, 0.15) is 57.4 Å². The van der Waals surface area contributed by atoms with E-state index < -0.39 is 0 Å². The lowest BCUT2D eigenvalue weighted by Crippen LogP contribution is -2.74. The van der Waals surface area contributed by atoms with Crippen LogP contribution in [0.4, 0.5) is 0 Å². The van der Waals surface area contributed by atoms with E-state index in [9.17, 15) is 0 Å². The van der Waals surface area contributed by atoms with Gasteiger partial charge in [0.15, 0.2) is 0 Å². The quantitative estimate of drug-likeness (QED) is 0.842. The van der Waals surface area contributed by atoms with Gasteiger partial charge in [-0.25, -0.2) is 0 Å². The van der Waals surface area contributed by atoms with Crippen LogP contribution in [-0.2, 0) is 6.54 Å². The van der Waals surface area contributed by atoms with E-state index in [-0.39, 0.29) is 0 Å². The third-order valence-electron chi connectivity index (χ3n) is 6.85. The van der Waals surface area contributed by atoms with Crippen LogP contribution in [0.15, 0.2) is 30.3 Å². The molecule has 4 rings (SSSR count). The van der Waals surface area contributed by atoms with Crippen molar-refractivity contribution in [2.45, 2.75) is 88.6 Å². The van der Waals surface area contributed by atoms with E-state index in [4.69, 9.17) is 5.73 Å². The summed E-state index contributed by atoms with van der Waals surface area (Å²) in [7, 11) is 0. The lowest BCUT2D eigenvalue weighted by Gasteiger charge is -2.64. The Bertz CT molecular complexity index is 531. The summed E-state index contributed by atoms with van der Waals surface area (Å²) in [5.74, 6) is 0.922. The topological polar surface area (TPSA) is 41.3 Å². The first-order chi connectivity index (χ1) is 11.8. The maximum absolute atomic E-state index is 6.40. The van der Waals surface area contributed by atoms with Crippen LogP contribution in [0, 0.1) is 5.92 Å². The van der Waals surface area contributed by atoms with Gasteiger partial charge in [-0.05, 0) is 43.6 Å². The average Bonchev–Trinajstić information content (AvgIpc) is 2.59. The molecule has 3 heteroatoms. The molecule has 1 aromatic carbocycles. The summed E-state index contributed by atoms with van der Waals surface area (Å²) in [6, 6.07) is 14.0. The summed E-state index contributed by atoms with van der Waals surface area (Å²) in [5.41, 5.74) is 7.86. The van der Waals surface area contributed by atoms with E-state index >= 15 is 0 Å². The monoisotopic (exact) mass is 327 g/mol. The van der Waals surface area contributed by atoms with Crippen LogP contribution >= 0.6 is 0 Å². The molecule has 1 heterocycles. The molecule has 3 N–H and O–H groups in total. The summed E-state index contributed by atoms with van der Waals surface area (Å²) >= 11 is 0. The Kier molecular flexibility index (Phi) is 4.93. The molecule has 0 aromatic heterocycles. The molecule has 3 aliphatic rings. The Morgan fingerprint density at radius 1 is 1.12 bits per heavy atom. The summed E-state index contributed by atoms with van der Waals surface area (Å²) in [6.07, 6.45) is 9.14. The minimum Gasteiger partial charge on any atom is -0.326 e. The van der Waals surface area contributed by atoms with E-state index in [0.29, 0.717) is 24.2 Å². The van der Waals surface area contributed by atoms with E-state index in [1.54, 1.807) is 0 Å². The SMILES string of the molecule is CCC(NC1CCCCC1N)C1C2CCC2N1Cc1ccccc1. The summed E-state index contributed by atoms with van der Waals surface area (Å²) in [6.45, 7) is 3.46. The second-order valence-electron chi connectivity index (χ2n) is 8.19. The zero-order valence-electron chi connectivity index (χ0n) is 15.0. The lowest BCUT2D eigenvalue weighted by atomic mass is 9.62. The van der Waals surface area contributed by atoms with Gasteiger partial charge in [-0.15, -0.1) is 0 Å². The first-order valence-electron chi connectivity index (χ1n) is 10.1. The van der Waals surface area contributed by atoms with Crippen molar-refractivity contribution in [3.63, 3.8) is 0 Å². The molecule has 3 nitrogen and oxygen atoms in total. The van der Waals surface area contributed by atoms with Crippen LogP contribution in [0.25, 0.3) is 0 Å². The van der Waals surface area contributed by atoms with Crippen molar-refractivity contribution in [3.8, 4) is 0 Å². The number of hydrogen-bond donors (Lipinski definition) is 2. The van der Waals surface area contributed by atoms with Crippen molar-refractivity contribution in [3.05, 3.63) is 35.9 Å². The Morgan fingerprint density at radius 3 is 2.58 bits per heavy atom. The van der Waals surface area contributed by atoms with E-state index in [0.717, 1.165) is 18.5 Å². The molecular formula is C21H33N3. The van der Waals surface area contributed by atoms with Crippen LogP contribution in [0.5, 0.6) is 0 Å². The molecule has 0 bridgehead atoms. The van der Waals surface area contributed by atoms with Crippen LogP contribution < -0.4 is 11.1 Å². The van der Waals surface area contributed by atoms with Crippen molar-refractivity contribution in [2.75, 3.05) is 0 Å². The van der Waals surface area contributed by atoms with Crippen LogP contribution in [0.3, 0.4) is 0 Å². The number of rotatable bonds is 6. The molecule has 132 valence electrons. The maximum Gasteiger partial charge on any atom is 0.0299 e. The fourth-order valence-electron chi connectivity index (χ4n) is 5.33. The predicted molar refractivity (Wildman–Crippen MR) is 99.7 cm³/mol. The number of piperidine rings is 1. The predicted octanol–water partition coefficient (Wildman–Crippen LogP) is 3.29. The summed E-state index contributed by atoms with van der Waals surface area (Å²) < 4.78 is 0. The molecule has 6 unspecified atom stereocenters. The molecular weight excluding hydrogens is 294 g/mol. The molecule has 0 spiro atoms. The zero-order valence-corrected chi connectivity index (χ0v) is 15.0. The first-order valence-corrected chi connectivity index (χ1v) is 10.1. The normalized spacial score (nSPS) is 37.2. The number of nitrogens with one attached hydrogen (secondary N) is 1. The molecule has 1 aliphatic heterocycles. The molecule has 2 saturated carbocycles. The van der Waals surface area contributed by atoms with Crippen molar-refractivity contribution in [1.29, 1.82) is 0 Å². The van der Waals surface area contributed by atoms with Gasteiger partial charge in [0.2, 0.25) is 0 Å². The highest BCUT2D eigenvalue weighted by atomic mass is 15.3. The number of nitrogens with zero attached hydrogens (tertiary/aromatic N) is 1. The molecule has 1 aromatic rings. The molecule has 0 radical (unpaired) electrons. The highest BCUT2D eigenvalue weighted by Crippen LogP contribution is 2.49. The minimum atomic E-state index is 0.354. The van der Waals surface area contributed by atoms with Crippen molar-refractivity contribution in [1.82, 2.24) is 10.2 Å². The maximum atomic E-state index is 6.40. The van der Waals surface area contributed by atoms with Gasteiger partial charge >= 0.3 is 0 Å². The van der Waals surface area contributed by atoms with Gasteiger partial charge in [0.25, 0.3) is 0 Å². The number of nitrogens with two attached hydrogens (primary N) is 1. The Hall–Kier alpha value is -0.900. The minimum absolute atomic E-state index is 0.354. The van der Waals surface area contributed by atoms with Crippen LogP contribution in [-0.4, -0.2) is 35.1 Å². The van der Waals surface area contributed by atoms with E-state index in [2.05, 4.69) is 47.5 Å². The first kappa shape index (κ1) is 16.6. The Labute approximate surface area is 147 Å². The average molecular weight is 328 g/mol.